The standard InChI is InChI=1S/C20H20N6O2S2/c1-14(26-18(23-24-20(26)29)17-7-4-12-30-17)19(27)22-15-5-2-3-6-16(15)28-11-10-25-9-8-21-13-25/h2-9,12-14H,10-11H2,1H3,(H,22,27)(H,24,29). The van der Waals surface area contributed by atoms with Crippen molar-refractivity contribution in [2.24, 2.45) is 0 Å². The number of H-pyrrole nitrogens is 1. The van der Waals surface area contributed by atoms with Crippen LogP contribution >= 0.6 is 23.6 Å². The quantitative estimate of drug-likeness (QED) is 0.402. The molecule has 0 saturated heterocycles. The summed E-state index contributed by atoms with van der Waals surface area (Å²) >= 11 is 6.91. The SMILES string of the molecule is CC(C(=O)Nc1ccccc1OCCn1ccnc1)n1c(-c2cccs2)n[nH]c1=S. The Hall–Kier alpha value is -3.24. The number of anilines is 1. The Balaban J connectivity index is 1.48. The topological polar surface area (TPSA) is 89.8 Å². The maximum absolute atomic E-state index is 13.0. The average Bonchev–Trinajstić information content (AvgIpc) is 3.50. The van der Waals surface area contributed by atoms with Gasteiger partial charge >= 0.3 is 0 Å². The minimum atomic E-state index is -0.563. The van der Waals surface area contributed by atoms with Gasteiger partial charge in [0.2, 0.25) is 5.91 Å². The Morgan fingerprint density at radius 1 is 1.33 bits per heavy atom. The molecule has 1 atom stereocenters. The number of aromatic amines is 1. The van der Waals surface area contributed by atoms with E-state index in [4.69, 9.17) is 17.0 Å². The van der Waals surface area contributed by atoms with Gasteiger partial charge in [0.25, 0.3) is 0 Å². The molecule has 4 aromatic rings. The molecule has 0 aliphatic heterocycles. The van der Waals surface area contributed by atoms with E-state index >= 15 is 0 Å². The highest BCUT2D eigenvalue weighted by molar-refractivity contribution is 7.71. The Bertz CT molecular complexity index is 1160. The van der Waals surface area contributed by atoms with Crippen molar-refractivity contribution in [1.82, 2.24) is 24.3 Å². The molecule has 0 saturated carbocycles. The van der Waals surface area contributed by atoms with Crippen molar-refractivity contribution in [3.63, 3.8) is 0 Å². The molecular formula is C20H20N6O2S2. The number of hydrogen-bond acceptors (Lipinski definition) is 6. The normalized spacial score (nSPS) is 11.9. The molecule has 0 bridgehead atoms. The molecule has 4 rings (SSSR count). The molecule has 154 valence electrons. The van der Waals surface area contributed by atoms with Crippen molar-refractivity contribution >= 4 is 35.1 Å². The minimum Gasteiger partial charge on any atom is -0.490 e. The second kappa shape index (κ2) is 9.06. The van der Waals surface area contributed by atoms with Gasteiger partial charge in [-0.2, -0.15) is 5.10 Å². The molecule has 30 heavy (non-hydrogen) atoms. The van der Waals surface area contributed by atoms with E-state index in [0.29, 0.717) is 35.2 Å². The molecule has 0 fully saturated rings. The summed E-state index contributed by atoms with van der Waals surface area (Å²) in [6, 6.07) is 10.7. The second-order valence-corrected chi connectivity index (χ2v) is 7.84. The average molecular weight is 441 g/mol. The van der Waals surface area contributed by atoms with E-state index in [2.05, 4.69) is 20.5 Å². The van der Waals surface area contributed by atoms with Crippen LogP contribution in [-0.4, -0.2) is 36.8 Å². The number of carbonyl (C=O) groups excluding carboxylic acids is 1. The number of rotatable bonds is 8. The lowest BCUT2D eigenvalue weighted by atomic mass is 10.2. The Labute approximate surface area is 182 Å². The molecule has 0 aliphatic carbocycles. The van der Waals surface area contributed by atoms with E-state index in [1.165, 1.54) is 11.3 Å². The minimum absolute atomic E-state index is 0.212. The van der Waals surface area contributed by atoms with Crippen LogP contribution in [0.4, 0.5) is 5.69 Å². The summed E-state index contributed by atoms with van der Waals surface area (Å²) in [5.41, 5.74) is 0.604. The van der Waals surface area contributed by atoms with E-state index in [0.717, 1.165) is 4.88 Å². The number of ether oxygens (including phenoxy) is 1. The fraction of sp³-hybridized carbons (Fsp3) is 0.200. The number of hydrogen-bond donors (Lipinski definition) is 2. The highest BCUT2D eigenvalue weighted by Crippen LogP contribution is 2.28. The fourth-order valence-corrected chi connectivity index (χ4v) is 3.97. The zero-order valence-electron chi connectivity index (χ0n) is 16.2. The summed E-state index contributed by atoms with van der Waals surface area (Å²) in [4.78, 5) is 18.0. The Morgan fingerprint density at radius 3 is 2.97 bits per heavy atom. The number of nitrogens with zero attached hydrogens (tertiary/aromatic N) is 4. The predicted octanol–water partition coefficient (Wildman–Crippen LogP) is 4.14. The van der Waals surface area contributed by atoms with E-state index < -0.39 is 6.04 Å². The van der Waals surface area contributed by atoms with Crippen LogP contribution in [0.25, 0.3) is 10.7 Å². The van der Waals surface area contributed by atoms with E-state index in [9.17, 15) is 4.79 Å². The van der Waals surface area contributed by atoms with E-state index in [1.807, 2.05) is 52.5 Å². The lowest BCUT2D eigenvalue weighted by molar-refractivity contribution is -0.118. The van der Waals surface area contributed by atoms with E-state index in [1.54, 1.807) is 24.0 Å². The van der Waals surface area contributed by atoms with Gasteiger partial charge in [0.15, 0.2) is 10.6 Å². The van der Waals surface area contributed by atoms with Crippen LogP contribution in [0.3, 0.4) is 0 Å². The molecule has 10 heteroatoms. The molecule has 3 aromatic heterocycles. The van der Waals surface area contributed by atoms with Crippen LogP contribution in [-0.2, 0) is 11.3 Å². The van der Waals surface area contributed by atoms with Gasteiger partial charge in [-0.3, -0.25) is 14.5 Å². The summed E-state index contributed by atoms with van der Waals surface area (Å²) in [6.07, 6.45) is 5.33. The highest BCUT2D eigenvalue weighted by atomic mass is 32.1. The number of para-hydroxylation sites is 2. The summed E-state index contributed by atoms with van der Waals surface area (Å²) < 4.78 is 9.92. The first kappa shape index (κ1) is 20.0. The van der Waals surface area contributed by atoms with Crippen molar-refractivity contribution in [3.05, 3.63) is 65.3 Å². The van der Waals surface area contributed by atoms with Gasteiger partial charge in [-0.1, -0.05) is 18.2 Å². The largest absolute Gasteiger partial charge is 0.490 e. The van der Waals surface area contributed by atoms with Crippen LogP contribution in [0, 0.1) is 4.77 Å². The Morgan fingerprint density at radius 2 is 2.20 bits per heavy atom. The zero-order chi connectivity index (χ0) is 20.9. The fourth-order valence-electron chi connectivity index (χ4n) is 2.97. The predicted molar refractivity (Wildman–Crippen MR) is 118 cm³/mol. The van der Waals surface area contributed by atoms with Gasteiger partial charge in [0.05, 0.1) is 23.4 Å². The van der Waals surface area contributed by atoms with Crippen LogP contribution < -0.4 is 10.1 Å². The van der Waals surface area contributed by atoms with Gasteiger partial charge in [-0.15, -0.1) is 11.3 Å². The first-order valence-corrected chi connectivity index (χ1v) is 10.6. The van der Waals surface area contributed by atoms with Gasteiger partial charge in [0, 0.05) is 12.4 Å². The molecule has 1 aromatic carbocycles. The number of benzene rings is 1. The third-order valence-corrected chi connectivity index (χ3v) is 5.68. The number of aromatic nitrogens is 5. The number of amides is 1. The maximum atomic E-state index is 13.0. The molecule has 0 spiro atoms. The molecule has 1 amide bonds. The zero-order valence-corrected chi connectivity index (χ0v) is 17.8. The number of nitrogens with one attached hydrogen (secondary N) is 2. The molecule has 3 heterocycles. The monoisotopic (exact) mass is 440 g/mol. The van der Waals surface area contributed by atoms with Gasteiger partial charge in [-0.05, 0) is 42.7 Å². The summed E-state index contributed by atoms with van der Waals surface area (Å²) in [5, 5.41) is 12.0. The lowest BCUT2D eigenvalue weighted by Gasteiger charge is -2.17. The van der Waals surface area contributed by atoms with Crippen molar-refractivity contribution < 1.29 is 9.53 Å². The van der Waals surface area contributed by atoms with Crippen molar-refractivity contribution in [2.75, 3.05) is 11.9 Å². The molecule has 8 nitrogen and oxygen atoms in total. The first-order chi connectivity index (χ1) is 14.6. The number of carbonyl (C=O) groups is 1. The summed E-state index contributed by atoms with van der Waals surface area (Å²) in [6.45, 7) is 2.90. The van der Waals surface area contributed by atoms with Crippen LogP contribution in [0.15, 0.2) is 60.5 Å². The first-order valence-electron chi connectivity index (χ1n) is 9.32. The lowest BCUT2D eigenvalue weighted by Crippen LogP contribution is -2.24. The smallest absolute Gasteiger partial charge is 0.247 e. The van der Waals surface area contributed by atoms with Crippen LogP contribution in [0.5, 0.6) is 5.75 Å². The van der Waals surface area contributed by atoms with Crippen LogP contribution in [0.1, 0.15) is 13.0 Å². The van der Waals surface area contributed by atoms with E-state index in [-0.39, 0.29) is 5.91 Å². The van der Waals surface area contributed by atoms with Crippen molar-refractivity contribution in [3.8, 4) is 16.5 Å². The van der Waals surface area contributed by atoms with Gasteiger partial charge in [-0.25, -0.2) is 4.98 Å². The maximum Gasteiger partial charge on any atom is 0.247 e. The molecule has 0 radical (unpaired) electrons. The molecule has 1 unspecified atom stereocenters. The van der Waals surface area contributed by atoms with Gasteiger partial charge < -0.3 is 14.6 Å². The third kappa shape index (κ3) is 4.34. The van der Waals surface area contributed by atoms with Crippen molar-refractivity contribution in [1.29, 1.82) is 0 Å². The molecule has 0 aliphatic rings. The molecular weight excluding hydrogens is 420 g/mol. The summed E-state index contributed by atoms with van der Waals surface area (Å²) in [7, 11) is 0. The third-order valence-electron chi connectivity index (χ3n) is 4.52. The highest BCUT2D eigenvalue weighted by Gasteiger charge is 2.22. The van der Waals surface area contributed by atoms with Crippen molar-refractivity contribution in [2.45, 2.75) is 19.5 Å². The molecule has 2 N–H and O–H groups in total. The second-order valence-electron chi connectivity index (χ2n) is 6.51. The number of imidazole rings is 1. The van der Waals surface area contributed by atoms with Gasteiger partial charge in [0.1, 0.15) is 18.4 Å². The van der Waals surface area contributed by atoms with Crippen LogP contribution in [0.2, 0.25) is 0 Å². The summed E-state index contributed by atoms with van der Waals surface area (Å²) in [5.74, 6) is 1.03. The number of thiophene rings is 1. The Kier molecular flexibility index (Phi) is 6.05.